The molecule has 14 rings (SSSR count). The first-order valence-electron chi connectivity index (χ1n) is 31.3. The Morgan fingerprint density at radius 1 is 0.326 bits per heavy atom. The van der Waals surface area contributed by atoms with E-state index >= 15 is 0 Å². The number of carbonyl (C=O) groups is 2. The van der Waals surface area contributed by atoms with E-state index in [0.29, 0.717) is 6.29 Å². The quantitative estimate of drug-likeness (QED) is 0.112. The van der Waals surface area contributed by atoms with Gasteiger partial charge in [0.1, 0.15) is 6.29 Å². The Balaban J connectivity index is 0.000000136. The van der Waals surface area contributed by atoms with Crippen LogP contribution >= 0.6 is 0 Å². The molecule has 4 nitrogen and oxygen atoms in total. The van der Waals surface area contributed by atoms with Crippen molar-refractivity contribution in [1.82, 2.24) is 0 Å². The van der Waals surface area contributed by atoms with Crippen LogP contribution < -0.4 is 9.80 Å². The van der Waals surface area contributed by atoms with Crippen molar-refractivity contribution >= 4 is 46.2 Å². The lowest BCUT2D eigenvalue weighted by Crippen LogP contribution is -2.14. The van der Waals surface area contributed by atoms with Crippen LogP contribution in [0.25, 0.3) is 22.3 Å². The zero-order valence-corrected chi connectivity index (χ0v) is 54.1. The monoisotopic (exact) mass is 1270 g/mol. The lowest BCUT2D eigenvalue weighted by Gasteiger charge is -2.25. The molecule has 0 N–H and O–H groups in total. The van der Waals surface area contributed by atoms with Crippen LogP contribution in [0.3, 0.4) is 0 Å². The van der Waals surface area contributed by atoms with Gasteiger partial charge in [0.15, 0.2) is 5.78 Å². The van der Waals surface area contributed by atoms with Crippen molar-refractivity contribution in [3.8, 4) is 22.3 Å². The Kier molecular flexibility index (Phi) is 22.5. The van der Waals surface area contributed by atoms with Crippen LogP contribution in [0.5, 0.6) is 0 Å². The fourth-order valence-corrected chi connectivity index (χ4v) is 11.2. The van der Waals surface area contributed by atoms with E-state index < -0.39 is 23.5 Å². The number of aldehydes is 1. The number of benzene rings is 12. The first-order chi connectivity index (χ1) is 45.6. The van der Waals surface area contributed by atoms with Crippen LogP contribution in [-0.2, 0) is 17.8 Å². The van der Waals surface area contributed by atoms with Gasteiger partial charge >= 0.3 is 12.4 Å². The van der Waals surface area contributed by atoms with Crippen LogP contribution in [0, 0.1) is 20.8 Å². The molecule has 0 aromatic heterocycles. The minimum absolute atomic E-state index is 0.149. The fraction of sp³-hybridized carbons (Fsp3) is 0.129. The summed E-state index contributed by atoms with van der Waals surface area (Å²) in [5.41, 5.74) is 20.3. The van der Waals surface area contributed by atoms with Gasteiger partial charge in [-0.3, -0.25) is 9.59 Å². The second kappa shape index (κ2) is 31.2. The number of rotatable bonds is 8. The second-order valence-electron chi connectivity index (χ2n) is 23.8. The van der Waals surface area contributed by atoms with E-state index in [1.165, 1.54) is 85.2 Å². The van der Waals surface area contributed by atoms with Gasteiger partial charge in [0.2, 0.25) is 0 Å². The molecule has 0 saturated heterocycles. The molecule has 0 unspecified atom stereocenters. The van der Waals surface area contributed by atoms with Gasteiger partial charge in [-0.15, -0.1) is 0 Å². The molecule has 0 spiro atoms. The highest BCUT2D eigenvalue weighted by atomic mass is 19.4. The van der Waals surface area contributed by atoms with Crippen LogP contribution in [0.4, 0.5) is 60.5 Å². The lowest BCUT2D eigenvalue weighted by molar-refractivity contribution is -0.138. The first kappa shape index (κ1) is 68.5. The number of halogens is 6. The van der Waals surface area contributed by atoms with Gasteiger partial charge in [0, 0.05) is 56.2 Å². The molecular weight excluding hydrogens is 1190 g/mol. The van der Waals surface area contributed by atoms with Crippen LogP contribution in [0.2, 0.25) is 0 Å². The predicted octanol–water partition coefficient (Wildman–Crippen LogP) is 24.5. The number of alkyl halides is 6. The fourth-order valence-electron chi connectivity index (χ4n) is 11.2. The van der Waals surface area contributed by atoms with E-state index in [9.17, 15) is 35.9 Å². The van der Waals surface area contributed by atoms with E-state index in [1.807, 2.05) is 80.6 Å². The highest BCUT2D eigenvalue weighted by Gasteiger charge is 2.35. The molecule has 12 aromatic rings. The SMILES string of the molecule is CC(C)c1ccc(C(F)(F)F)cc1.CC1(C)c2ccccc2-c2ccccc21.Cc1ccc(N(c2ccc(C)cc2)c2ccc(C)cc2)cc1.O=C1c2ccccc2-c2ccccc21.O=Cc1ccc(C(F)(F)F)cc1.c1ccc(N(c2ccccc2)c2ccccc2)cc1. The molecule has 0 fully saturated rings. The molecule has 0 atom stereocenters. The topological polar surface area (TPSA) is 40.6 Å². The summed E-state index contributed by atoms with van der Waals surface area (Å²) in [5, 5.41) is 0. The summed E-state index contributed by atoms with van der Waals surface area (Å²) in [6.45, 7) is 14.9. The Hall–Kier alpha value is -10.8. The summed E-state index contributed by atoms with van der Waals surface area (Å²) in [5.74, 6) is 0.415. The number of para-hydroxylation sites is 3. The molecule has 2 aliphatic carbocycles. The smallest absolute Gasteiger partial charge is 0.311 e. The third-order valence-electron chi connectivity index (χ3n) is 16.3. The number of nitrogens with zero attached hydrogens (tertiary/aromatic N) is 2. The minimum atomic E-state index is -4.33. The molecule has 0 saturated carbocycles. The van der Waals surface area contributed by atoms with Crippen LogP contribution in [0.1, 0.15) is 104 Å². The third kappa shape index (κ3) is 17.5. The predicted molar refractivity (Wildman–Crippen MR) is 378 cm³/mol. The molecule has 0 aliphatic heterocycles. The second-order valence-corrected chi connectivity index (χ2v) is 23.8. The molecule has 2 aliphatic rings. The highest BCUT2D eigenvalue weighted by molar-refractivity contribution is 6.21. The third-order valence-corrected chi connectivity index (χ3v) is 16.3. The maximum atomic E-state index is 12.1. The zero-order chi connectivity index (χ0) is 67.7. The molecule has 0 heterocycles. The normalized spacial score (nSPS) is 11.9. The lowest BCUT2D eigenvalue weighted by atomic mass is 9.82. The van der Waals surface area contributed by atoms with E-state index in [1.54, 1.807) is 0 Å². The van der Waals surface area contributed by atoms with Crippen molar-refractivity contribution in [1.29, 1.82) is 0 Å². The van der Waals surface area contributed by atoms with Gasteiger partial charge < -0.3 is 9.80 Å². The van der Waals surface area contributed by atoms with Gasteiger partial charge in [-0.25, -0.2) is 0 Å². The Bertz CT molecular complexity index is 4120. The van der Waals surface area contributed by atoms with Crippen molar-refractivity contribution < 1.29 is 35.9 Å². The van der Waals surface area contributed by atoms with Crippen molar-refractivity contribution in [2.75, 3.05) is 9.80 Å². The van der Waals surface area contributed by atoms with E-state index in [0.717, 1.165) is 64.2 Å². The molecule has 0 bridgehead atoms. The average molecular weight is 1270 g/mol. The van der Waals surface area contributed by atoms with Crippen molar-refractivity contribution in [3.05, 3.63) is 371 Å². The van der Waals surface area contributed by atoms with Gasteiger partial charge in [0.05, 0.1) is 11.1 Å². The number of ketones is 1. The van der Waals surface area contributed by atoms with Crippen molar-refractivity contribution in [2.24, 2.45) is 0 Å². The molecule has 10 heteroatoms. The Morgan fingerprint density at radius 3 is 0.884 bits per heavy atom. The largest absolute Gasteiger partial charge is 0.416 e. The average Bonchev–Trinajstić information content (AvgIpc) is 1.60. The van der Waals surface area contributed by atoms with E-state index in [2.05, 4.69) is 239 Å². The minimum Gasteiger partial charge on any atom is -0.311 e. The molecule has 95 heavy (non-hydrogen) atoms. The van der Waals surface area contributed by atoms with Crippen LogP contribution in [-0.4, -0.2) is 12.1 Å². The molecule has 12 aromatic carbocycles. The number of carbonyl (C=O) groups excluding carboxylic acids is 2. The first-order valence-corrected chi connectivity index (χ1v) is 31.3. The van der Waals surface area contributed by atoms with E-state index in [-0.39, 0.29) is 22.7 Å². The molecular formula is C85H74F6N2O2. The highest BCUT2D eigenvalue weighted by Crippen LogP contribution is 2.48. The Labute approximate surface area is 554 Å². The number of hydrogen-bond donors (Lipinski definition) is 0. The number of hydrogen-bond acceptors (Lipinski definition) is 4. The van der Waals surface area contributed by atoms with Crippen molar-refractivity contribution in [3.63, 3.8) is 0 Å². The number of fused-ring (bicyclic) bond motifs is 6. The van der Waals surface area contributed by atoms with Gasteiger partial charge in [0.25, 0.3) is 0 Å². The number of anilines is 6. The molecule has 0 radical (unpaired) electrons. The molecule has 478 valence electrons. The standard InChI is InChI=1S/C21H21N.C18H15N.C15H14.C13H8O.C10H11F3.C8H5F3O/c1-16-4-10-19(11-5-16)22(20-12-6-17(2)7-13-20)21-14-8-18(3)9-15-21;1-4-10-16(11-5-1)19(17-12-6-2-7-13-17)18-14-8-3-9-15-18;1-15(2)13-9-5-3-7-11(13)12-8-4-6-10-14(12)15;14-13-11-7-3-1-5-9(11)10-6-2-4-8-12(10)13;1-7(2)8-3-5-9(6-4-8)10(11,12)13;9-8(10,11)7-3-1-6(5-12)2-4-7/h4-15H,1-3H3;1-15H;3-10H,1-2H3;1-8H;3-7H,1-2H3;1-5H. The Morgan fingerprint density at radius 2 is 0.589 bits per heavy atom. The van der Waals surface area contributed by atoms with Crippen LogP contribution in [0.15, 0.2) is 309 Å². The van der Waals surface area contributed by atoms with E-state index in [4.69, 9.17) is 0 Å². The molecule has 0 amide bonds. The van der Waals surface area contributed by atoms with Crippen molar-refractivity contribution in [2.45, 2.75) is 72.2 Å². The maximum absolute atomic E-state index is 12.1. The van der Waals surface area contributed by atoms with Gasteiger partial charge in [-0.1, -0.05) is 257 Å². The summed E-state index contributed by atoms with van der Waals surface area (Å²) in [7, 11) is 0. The summed E-state index contributed by atoms with van der Waals surface area (Å²) in [6.07, 6.45) is -8.06. The zero-order valence-electron chi connectivity index (χ0n) is 54.1. The summed E-state index contributed by atoms with van der Waals surface area (Å²) in [4.78, 5) is 26.5. The van der Waals surface area contributed by atoms with Gasteiger partial charge in [-0.05, 0) is 163 Å². The summed E-state index contributed by atoms with van der Waals surface area (Å²) < 4.78 is 72.2. The summed E-state index contributed by atoms with van der Waals surface area (Å²) >= 11 is 0. The summed E-state index contributed by atoms with van der Waals surface area (Å²) in [6, 6.07) is 99.5. The number of aryl methyl sites for hydroxylation is 3. The maximum Gasteiger partial charge on any atom is 0.416 e. The van der Waals surface area contributed by atoms with Gasteiger partial charge in [-0.2, -0.15) is 26.3 Å².